The van der Waals surface area contributed by atoms with Gasteiger partial charge in [-0.25, -0.2) is 4.98 Å². The highest BCUT2D eigenvalue weighted by molar-refractivity contribution is 4.99. The van der Waals surface area contributed by atoms with Crippen LogP contribution in [-0.4, -0.2) is 65.7 Å². The molecule has 108 valence electrons. The van der Waals surface area contributed by atoms with Crippen molar-refractivity contribution in [1.29, 1.82) is 0 Å². The van der Waals surface area contributed by atoms with Crippen molar-refractivity contribution >= 4 is 0 Å². The van der Waals surface area contributed by atoms with Crippen LogP contribution in [-0.2, 0) is 6.54 Å². The summed E-state index contributed by atoms with van der Waals surface area (Å²) in [6.07, 6.45) is 3.92. The quantitative estimate of drug-likeness (QED) is 0.825. The summed E-state index contributed by atoms with van der Waals surface area (Å²) in [7, 11) is 2.19. The Bertz CT molecular complexity index is 368. The molecular weight excluding hydrogens is 238 g/mol. The van der Waals surface area contributed by atoms with E-state index in [-0.39, 0.29) is 0 Å². The summed E-state index contributed by atoms with van der Waals surface area (Å²) in [5, 5.41) is 3.39. The lowest BCUT2D eigenvalue weighted by Gasteiger charge is -2.29. The van der Waals surface area contributed by atoms with Gasteiger partial charge in [0.2, 0.25) is 0 Å². The van der Waals surface area contributed by atoms with Crippen molar-refractivity contribution < 1.29 is 0 Å². The fourth-order valence-corrected chi connectivity index (χ4v) is 2.52. The van der Waals surface area contributed by atoms with Gasteiger partial charge >= 0.3 is 0 Å². The van der Waals surface area contributed by atoms with Gasteiger partial charge in [0.15, 0.2) is 0 Å². The molecule has 1 aliphatic rings. The number of nitrogens with one attached hydrogen (secondary N) is 1. The minimum atomic E-state index is 0.485. The average molecular weight is 265 g/mol. The van der Waals surface area contributed by atoms with Crippen molar-refractivity contribution in [2.24, 2.45) is 0 Å². The van der Waals surface area contributed by atoms with Gasteiger partial charge in [0.1, 0.15) is 0 Å². The summed E-state index contributed by atoms with van der Waals surface area (Å²) in [4.78, 5) is 9.19. The molecule has 5 heteroatoms. The molecule has 0 saturated carbocycles. The van der Waals surface area contributed by atoms with E-state index in [1.807, 2.05) is 12.5 Å². The monoisotopic (exact) mass is 265 g/mol. The third-order valence-electron chi connectivity index (χ3n) is 3.74. The summed E-state index contributed by atoms with van der Waals surface area (Å²) in [5.74, 6) is 0. The van der Waals surface area contributed by atoms with Crippen LogP contribution in [0.3, 0.4) is 0 Å². The maximum absolute atomic E-state index is 4.26. The van der Waals surface area contributed by atoms with E-state index in [1.54, 1.807) is 0 Å². The second-order valence-electron chi connectivity index (χ2n) is 5.72. The van der Waals surface area contributed by atoms with Gasteiger partial charge in [0.05, 0.1) is 12.0 Å². The molecule has 1 aromatic heterocycles. The van der Waals surface area contributed by atoms with E-state index in [9.17, 15) is 0 Å². The number of nitrogens with zero attached hydrogens (tertiary/aromatic N) is 4. The molecule has 0 amide bonds. The third kappa shape index (κ3) is 4.30. The lowest BCUT2D eigenvalue weighted by atomic mass is 10.3. The minimum Gasteiger partial charge on any atom is -0.331 e. The van der Waals surface area contributed by atoms with Gasteiger partial charge in [-0.1, -0.05) is 0 Å². The topological polar surface area (TPSA) is 36.3 Å². The lowest BCUT2D eigenvalue weighted by molar-refractivity contribution is 0.200. The molecule has 2 heterocycles. The zero-order valence-corrected chi connectivity index (χ0v) is 12.5. The van der Waals surface area contributed by atoms with Gasteiger partial charge in [-0.05, 0) is 20.9 Å². The molecule has 1 fully saturated rings. The smallest absolute Gasteiger partial charge is 0.0951 e. The molecule has 0 unspecified atom stereocenters. The second kappa shape index (κ2) is 7.03. The summed E-state index contributed by atoms with van der Waals surface area (Å²) in [5.41, 5.74) is 1.30. The minimum absolute atomic E-state index is 0.485. The number of piperazine rings is 1. The van der Waals surface area contributed by atoms with E-state index in [0.717, 1.165) is 32.7 Å². The largest absolute Gasteiger partial charge is 0.331 e. The van der Waals surface area contributed by atoms with Crippen LogP contribution < -0.4 is 5.32 Å². The van der Waals surface area contributed by atoms with Crippen molar-refractivity contribution in [3.8, 4) is 0 Å². The van der Waals surface area contributed by atoms with Gasteiger partial charge < -0.3 is 9.88 Å². The fourth-order valence-electron chi connectivity index (χ4n) is 2.52. The van der Waals surface area contributed by atoms with Gasteiger partial charge in [0, 0.05) is 58.1 Å². The Hall–Kier alpha value is -0.910. The van der Waals surface area contributed by atoms with Crippen LogP contribution in [0.15, 0.2) is 12.5 Å². The lowest BCUT2D eigenvalue weighted by Crippen LogP contribution is -2.45. The van der Waals surface area contributed by atoms with Gasteiger partial charge in [-0.15, -0.1) is 0 Å². The first-order valence-electron chi connectivity index (χ1n) is 7.29. The molecule has 1 N–H and O–H groups in total. The molecule has 1 aliphatic heterocycles. The van der Waals surface area contributed by atoms with Crippen molar-refractivity contribution in [2.45, 2.75) is 26.4 Å². The maximum atomic E-state index is 4.26. The number of imidazole rings is 1. The Morgan fingerprint density at radius 1 is 1.37 bits per heavy atom. The molecule has 0 spiro atoms. The second-order valence-corrected chi connectivity index (χ2v) is 5.72. The molecule has 0 aliphatic carbocycles. The van der Waals surface area contributed by atoms with Crippen LogP contribution in [0.5, 0.6) is 0 Å². The van der Waals surface area contributed by atoms with Crippen molar-refractivity contribution in [3.05, 3.63) is 18.2 Å². The van der Waals surface area contributed by atoms with E-state index in [0.29, 0.717) is 6.04 Å². The Balaban J connectivity index is 1.77. The molecule has 19 heavy (non-hydrogen) atoms. The fraction of sp³-hybridized carbons (Fsp3) is 0.786. The van der Waals surface area contributed by atoms with Gasteiger partial charge in [-0.3, -0.25) is 9.80 Å². The highest BCUT2D eigenvalue weighted by atomic mass is 15.2. The molecule has 2 rings (SSSR count). The highest BCUT2D eigenvalue weighted by Crippen LogP contribution is 2.10. The Kier molecular flexibility index (Phi) is 5.36. The van der Waals surface area contributed by atoms with Crippen LogP contribution >= 0.6 is 0 Å². The Labute approximate surface area is 116 Å². The van der Waals surface area contributed by atoms with E-state index in [1.165, 1.54) is 18.8 Å². The van der Waals surface area contributed by atoms with Crippen LogP contribution in [0.1, 0.15) is 25.6 Å². The first-order chi connectivity index (χ1) is 9.16. The number of likely N-dealkylation sites (N-methyl/N-ethyl adjacent to an activating group) is 1. The molecule has 0 aromatic carbocycles. The summed E-state index contributed by atoms with van der Waals surface area (Å²) < 4.78 is 2.25. The number of aromatic nitrogens is 2. The summed E-state index contributed by atoms with van der Waals surface area (Å²) >= 11 is 0. The van der Waals surface area contributed by atoms with Crippen LogP contribution in [0.25, 0.3) is 0 Å². The predicted octanol–water partition coefficient (Wildman–Crippen LogP) is 0.801. The molecule has 1 saturated heterocycles. The maximum Gasteiger partial charge on any atom is 0.0951 e. The van der Waals surface area contributed by atoms with E-state index in [4.69, 9.17) is 0 Å². The number of rotatable bonds is 6. The van der Waals surface area contributed by atoms with Crippen molar-refractivity contribution in [2.75, 3.05) is 46.3 Å². The Morgan fingerprint density at radius 3 is 2.79 bits per heavy atom. The SMILES string of the molecule is CC(C)n1cncc1CN(C)CCN1CCNCC1. The van der Waals surface area contributed by atoms with Gasteiger partial charge in [0.25, 0.3) is 0 Å². The molecule has 0 bridgehead atoms. The molecule has 0 atom stereocenters. The Morgan fingerprint density at radius 2 is 2.11 bits per heavy atom. The molecule has 0 radical (unpaired) electrons. The van der Waals surface area contributed by atoms with Crippen LogP contribution in [0, 0.1) is 0 Å². The van der Waals surface area contributed by atoms with Gasteiger partial charge in [-0.2, -0.15) is 0 Å². The average Bonchev–Trinajstić information content (AvgIpc) is 2.86. The number of hydrogen-bond acceptors (Lipinski definition) is 4. The number of hydrogen-bond donors (Lipinski definition) is 1. The molecule has 1 aromatic rings. The first-order valence-corrected chi connectivity index (χ1v) is 7.29. The summed E-state index contributed by atoms with van der Waals surface area (Å²) in [6.45, 7) is 12.3. The van der Waals surface area contributed by atoms with Crippen molar-refractivity contribution in [1.82, 2.24) is 24.7 Å². The zero-order chi connectivity index (χ0) is 13.7. The molecular formula is C14H27N5. The first kappa shape index (κ1) is 14.5. The standard InChI is InChI=1S/C14H27N5/c1-13(2)19-12-16-10-14(19)11-17(3)8-9-18-6-4-15-5-7-18/h10,12-13,15H,4-9,11H2,1-3H3. The zero-order valence-electron chi connectivity index (χ0n) is 12.5. The van der Waals surface area contributed by atoms with E-state index in [2.05, 4.69) is 45.6 Å². The highest BCUT2D eigenvalue weighted by Gasteiger charge is 2.12. The predicted molar refractivity (Wildman–Crippen MR) is 78.3 cm³/mol. The normalized spacial score (nSPS) is 17.5. The van der Waals surface area contributed by atoms with Crippen LogP contribution in [0.2, 0.25) is 0 Å². The van der Waals surface area contributed by atoms with E-state index >= 15 is 0 Å². The van der Waals surface area contributed by atoms with Crippen molar-refractivity contribution in [3.63, 3.8) is 0 Å². The summed E-state index contributed by atoms with van der Waals surface area (Å²) in [6, 6.07) is 0.485. The third-order valence-corrected chi connectivity index (χ3v) is 3.74. The van der Waals surface area contributed by atoms with Crippen LogP contribution in [0.4, 0.5) is 0 Å². The van der Waals surface area contributed by atoms with E-state index < -0.39 is 0 Å². The molecule has 5 nitrogen and oxygen atoms in total.